The van der Waals surface area contributed by atoms with Crippen molar-refractivity contribution < 1.29 is 27.8 Å². The van der Waals surface area contributed by atoms with E-state index in [1.54, 1.807) is 0 Å². The van der Waals surface area contributed by atoms with Gasteiger partial charge in [-0.05, 0) is 25.7 Å². The fourth-order valence-electron chi connectivity index (χ4n) is 2.44. The first-order valence-corrected chi connectivity index (χ1v) is 6.03. The van der Waals surface area contributed by atoms with Crippen LogP contribution in [0.1, 0.15) is 47.6 Å². The molecule has 0 amide bonds. The van der Waals surface area contributed by atoms with Gasteiger partial charge in [-0.1, -0.05) is 0 Å². The number of carbonyl (C=O) groups is 1. The second-order valence-electron chi connectivity index (χ2n) is 4.66. The minimum absolute atomic E-state index is 0.102. The van der Waals surface area contributed by atoms with Crippen LogP contribution in [0.5, 0.6) is 0 Å². The van der Waals surface area contributed by atoms with E-state index in [1.807, 2.05) is 0 Å². The number of carboxylic acids is 1. The third-order valence-corrected chi connectivity index (χ3v) is 3.50. The van der Waals surface area contributed by atoms with Crippen molar-refractivity contribution >= 4 is 5.97 Å². The highest BCUT2D eigenvalue weighted by Gasteiger charge is 2.43. The molecule has 0 spiro atoms. The molecule has 1 heterocycles. The molecular weight excluding hydrogens is 277 g/mol. The summed E-state index contributed by atoms with van der Waals surface area (Å²) in [7, 11) is 1.40. The van der Waals surface area contributed by atoms with Crippen LogP contribution in [0.2, 0.25) is 0 Å². The minimum atomic E-state index is -4.85. The van der Waals surface area contributed by atoms with E-state index in [9.17, 15) is 18.0 Å². The van der Waals surface area contributed by atoms with Crippen molar-refractivity contribution in [3.8, 4) is 0 Å². The van der Waals surface area contributed by atoms with Crippen molar-refractivity contribution in [2.75, 3.05) is 7.11 Å². The summed E-state index contributed by atoms with van der Waals surface area (Å²) in [5.74, 6) is -1.81. The molecule has 1 aromatic heterocycles. The first-order valence-electron chi connectivity index (χ1n) is 6.03. The molecule has 0 saturated heterocycles. The summed E-state index contributed by atoms with van der Waals surface area (Å²) < 4.78 is 44.0. The van der Waals surface area contributed by atoms with Gasteiger partial charge in [0.1, 0.15) is 11.2 Å². The second-order valence-corrected chi connectivity index (χ2v) is 4.66. The Labute approximate surface area is 112 Å². The second kappa shape index (κ2) is 5.01. The summed E-state index contributed by atoms with van der Waals surface area (Å²) in [5, 5.41) is 8.80. The maximum absolute atomic E-state index is 12.9. The maximum Gasteiger partial charge on any atom is 0.434 e. The number of nitrogens with zero attached hydrogens (tertiary/aromatic N) is 2. The molecule has 110 valence electrons. The number of hydrogen-bond donors (Lipinski definition) is 1. The Morgan fingerprint density at radius 3 is 2.45 bits per heavy atom. The molecule has 0 atom stereocenters. The number of alkyl halides is 3. The number of rotatable bonds is 3. The number of carboxylic acid groups (broad SMARTS) is 1. The van der Waals surface area contributed by atoms with Crippen LogP contribution in [0.4, 0.5) is 13.2 Å². The highest BCUT2D eigenvalue weighted by Crippen LogP contribution is 2.41. The molecule has 0 unspecified atom stereocenters. The van der Waals surface area contributed by atoms with Gasteiger partial charge in [-0.2, -0.15) is 13.2 Å². The summed E-state index contributed by atoms with van der Waals surface area (Å²) in [6.45, 7) is 0. The molecule has 1 aliphatic rings. The Morgan fingerprint density at radius 1 is 1.40 bits per heavy atom. The predicted molar refractivity (Wildman–Crippen MR) is 61.1 cm³/mol. The van der Waals surface area contributed by atoms with Crippen molar-refractivity contribution in [2.24, 2.45) is 0 Å². The highest BCUT2D eigenvalue weighted by molar-refractivity contribution is 5.88. The summed E-state index contributed by atoms with van der Waals surface area (Å²) in [6, 6.07) is 0. The van der Waals surface area contributed by atoms with Gasteiger partial charge in [0.25, 0.3) is 0 Å². The topological polar surface area (TPSA) is 72.3 Å². The molecule has 1 saturated carbocycles. The Hall–Kier alpha value is -1.70. The van der Waals surface area contributed by atoms with Crippen LogP contribution < -0.4 is 0 Å². The quantitative estimate of drug-likeness (QED) is 0.926. The smallest absolute Gasteiger partial charge is 0.434 e. The van der Waals surface area contributed by atoms with E-state index in [1.165, 1.54) is 7.11 Å². The summed E-state index contributed by atoms with van der Waals surface area (Å²) in [4.78, 5) is 18.1. The standard InChI is InChI=1S/C12H13F3N2O3/c1-20-11(4-2-3-5-11)10-16-6-7(9(18)19)8(17-10)12(13,14)15/h6H,2-5H2,1H3,(H,18,19). The number of methoxy groups -OCH3 is 1. The lowest BCUT2D eigenvalue weighted by atomic mass is 10.0. The van der Waals surface area contributed by atoms with E-state index in [0.717, 1.165) is 12.8 Å². The summed E-state index contributed by atoms with van der Waals surface area (Å²) in [5.41, 5.74) is -3.33. The van der Waals surface area contributed by atoms with Crippen molar-refractivity contribution in [2.45, 2.75) is 37.5 Å². The van der Waals surface area contributed by atoms with Gasteiger partial charge in [-0.3, -0.25) is 0 Å². The zero-order valence-corrected chi connectivity index (χ0v) is 10.7. The van der Waals surface area contributed by atoms with Crippen molar-refractivity contribution in [1.82, 2.24) is 9.97 Å². The van der Waals surface area contributed by atoms with Gasteiger partial charge in [-0.25, -0.2) is 14.8 Å². The number of aromatic nitrogens is 2. The first-order chi connectivity index (χ1) is 9.30. The van der Waals surface area contributed by atoms with E-state index in [4.69, 9.17) is 9.84 Å². The zero-order chi connectivity index (χ0) is 15.0. The van der Waals surface area contributed by atoms with Crippen molar-refractivity contribution in [3.63, 3.8) is 0 Å². The van der Waals surface area contributed by atoms with Crippen LogP contribution in [-0.4, -0.2) is 28.2 Å². The molecule has 1 aromatic rings. The van der Waals surface area contributed by atoms with Gasteiger partial charge in [0.05, 0.1) is 0 Å². The molecule has 2 rings (SSSR count). The predicted octanol–water partition coefficient (Wildman–Crippen LogP) is 2.61. The summed E-state index contributed by atoms with van der Waals surface area (Å²) in [6.07, 6.45) is -1.50. The van der Waals surface area contributed by atoms with E-state index in [0.29, 0.717) is 19.0 Å². The molecule has 1 fully saturated rings. The monoisotopic (exact) mass is 290 g/mol. The number of hydrogen-bond acceptors (Lipinski definition) is 4. The van der Waals surface area contributed by atoms with E-state index < -0.39 is 29.0 Å². The maximum atomic E-state index is 12.9. The highest BCUT2D eigenvalue weighted by atomic mass is 19.4. The normalized spacial score (nSPS) is 18.2. The molecule has 8 heteroatoms. The molecular formula is C12H13F3N2O3. The van der Waals surface area contributed by atoms with Crippen molar-refractivity contribution in [3.05, 3.63) is 23.3 Å². The largest absolute Gasteiger partial charge is 0.478 e. The lowest BCUT2D eigenvalue weighted by Gasteiger charge is -2.26. The van der Waals surface area contributed by atoms with Gasteiger partial charge in [-0.15, -0.1) is 0 Å². The number of aromatic carboxylic acids is 1. The van der Waals surface area contributed by atoms with Crippen LogP contribution in [-0.2, 0) is 16.5 Å². The number of ether oxygens (including phenoxy) is 1. The Balaban J connectivity index is 2.55. The first kappa shape index (κ1) is 14.7. The minimum Gasteiger partial charge on any atom is -0.478 e. The lowest BCUT2D eigenvalue weighted by molar-refractivity contribution is -0.142. The van der Waals surface area contributed by atoms with Crippen LogP contribution in [0.25, 0.3) is 0 Å². The Kier molecular flexibility index (Phi) is 3.68. The molecule has 1 aliphatic carbocycles. The van der Waals surface area contributed by atoms with E-state index in [-0.39, 0.29) is 5.82 Å². The lowest BCUT2D eigenvalue weighted by Crippen LogP contribution is -2.29. The molecule has 0 aromatic carbocycles. The van der Waals surface area contributed by atoms with E-state index in [2.05, 4.69) is 9.97 Å². The summed E-state index contributed by atoms with van der Waals surface area (Å²) >= 11 is 0. The Morgan fingerprint density at radius 2 is 2.00 bits per heavy atom. The van der Waals surface area contributed by atoms with E-state index >= 15 is 0 Å². The van der Waals surface area contributed by atoms with Crippen LogP contribution in [0, 0.1) is 0 Å². The molecule has 0 aliphatic heterocycles. The molecule has 1 N–H and O–H groups in total. The Bertz CT molecular complexity index is 525. The van der Waals surface area contributed by atoms with Gasteiger partial charge < -0.3 is 9.84 Å². The number of halogens is 3. The van der Waals surface area contributed by atoms with Crippen LogP contribution >= 0.6 is 0 Å². The molecule has 0 bridgehead atoms. The average Bonchev–Trinajstić information content (AvgIpc) is 2.87. The van der Waals surface area contributed by atoms with Crippen LogP contribution in [0.15, 0.2) is 6.20 Å². The zero-order valence-electron chi connectivity index (χ0n) is 10.7. The molecule has 0 radical (unpaired) electrons. The molecule has 20 heavy (non-hydrogen) atoms. The molecule has 5 nitrogen and oxygen atoms in total. The van der Waals surface area contributed by atoms with Crippen molar-refractivity contribution in [1.29, 1.82) is 0 Å². The fourth-order valence-corrected chi connectivity index (χ4v) is 2.44. The van der Waals surface area contributed by atoms with Gasteiger partial charge >= 0.3 is 12.1 Å². The SMILES string of the molecule is COC1(c2ncc(C(=O)O)c(C(F)(F)F)n2)CCCC1. The van der Waals surface area contributed by atoms with Gasteiger partial charge in [0.15, 0.2) is 11.5 Å². The van der Waals surface area contributed by atoms with Gasteiger partial charge in [0, 0.05) is 13.3 Å². The third kappa shape index (κ3) is 2.47. The van der Waals surface area contributed by atoms with Crippen LogP contribution in [0.3, 0.4) is 0 Å². The fraction of sp³-hybridized carbons (Fsp3) is 0.583. The third-order valence-electron chi connectivity index (χ3n) is 3.50. The average molecular weight is 290 g/mol. The van der Waals surface area contributed by atoms with Gasteiger partial charge in [0.2, 0.25) is 0 Å².